The fourth-order valence-corrected chi connectivity index (χ4v) is 2.96. The van der Waals surface area contributed by atoms with E-state index in [0.717, 1.165) is 11.5 Å². The summed E-state index contributed by atoms with van der Waals surface area (Å²) in [7, 11) is 0. The summed E-state index contributed by atoms with van der Waals surface area (Å²) in [6.45, 7) is 0. The van der Waals surface area contributed by atoms with E-state index < -0.39 is 17.3 Å². The maximum absolute atomic E-state index is 12.1. The fourth-order valence-electron chi connectivity index (χ4n) is 2.96. The first-order valence-corrected chi connectivity index (χ1v) is 6.89. The lowest BCUT2D eigenvalue weighted by molar-refractivity contribution is -0.114. The number of phenolic OH excluding ortho intramolecular Hbond substituents is 2. The summed E-state index contributed by atoms with van der Waals surface area (Å²) in [5.74, 6) is -2.98. The largest absolute Gasteiger partial charge is 0.507 e. The molecule has 4 rings (SSSR count). The van der Waals surface area contributed by atoms with Crippen molar-refractivity contribution in [1.82, 2.24) is 0 Å². The highest BCUT2D eigenvalue weighted by Crippen LogP contribution is 2.42. The lowest BCUT2D eigenvalue weighted by Gasteiger charge is -2.16. The van der Waals surface area contributed by atoms with Gasteiger partial charge in [-0.15, -0.1) is 0 Å². The zero-order valence-electron chi connectivity index (χ0n) is 11.7. The Kier molecular flexibility index (Phi) is 2.51. The third-order valence-corrected chi connectivity index (χ3v) is 4.11. The zero-order valence-corrected chi connectivity index (χ0v) is 11.7. The van der Waals surface area contributed by atoms with Crippen molar-refractivity contribution in [2.24, 2.45) is 0 Å². The van der Waals surface area contributed by atoms with Crippen LogP contribution in [0.4, 0.5) is 0 Å². The number of carbonyl (C=O) groups is 2. The average molecular weight is 306 g/mol. The number of aliphatic hydroxyl groups excluding tert-OH is 1. The molecule has 0 unspecified atom stereocenters. The van der Waals surface area contributed by atoms with Gasteiger partial charge in [0.25, 0.3) is 5.78 Å². The third kappa shape index (κ3) is 1.67. The van der Waals surface area contributed by atoms with Gasteiger partial charge in [-0.3, -0.25) is 9.59 Å². The number of hydrogen-bond acceptors (Lipinski definition) is 5. The lowest BCUT2D eigenvalue weighted by Crippen LogP contribution is -2.21. The van der Waals surface area contributed by atoms with E-state index in [1.54, 1.807) is 30.3 Å². The predicted octanol–water partition coefficient (Wildman–Crippen LogP) is 3.07. The number of carbonyl (C=O) groups excluding carboxylic acids is 2. The van der Waals surface area contributed by atoms with Crippen LogP contribution in [0.25, 0.3) is 27.6 Å². The van der Waals surface area contributed by atoms with Crippen LogP contribution in [0, 0.1) is 0 Å². The van der Waals surface area contributed by atoms with E-state index in [4.69, 9.17) is 0 Å². The van der Waals surface area contributed by atoms with E-state index in [-0.39, 0.29) is 28.0 Å². The molecule has 0 heterocycles. The van der Waals surface area contributed by atoms with Crippen molar-refractivity contribution in [3.8, 4) is 11.5 Å². The highest BCUT2D eigenvalue weighted by atomic mass is 16.3. The second kappa shape index (κ2) is 4.33. The van der Waals surface area contributed by atoms with E-state index in [0.29, 0.717) is 10.8 Å². The Labute approximate surface area is 129 Å². The first-order chi connectivity index (χ1) is 11.0. The second-order valence-electron chi connectivity index (χ2n) is 5.42. The maximum Gasteiger partial charge on any atom is 0.267 e. The van der Waals surface area contributed by atoms with Gasteiger partial charge in [-0.25, -0.2) is 0 Å². The van der Waals surface area contributed by atoms with Gasteiger partial charge in [0.05, 0.1) is 0 Å². The summed E-state index contributed by atoms with van der Waals surface area (Å²) in [5, 5.41) is 32.4. The number of benzene rings is 3. The van der Waals surface area contributed by atoms with Crippen LogP contribution in [-0.4, -0.2) is 26.9 Å². The van der Waals surface area contributed by atoms with Crippen molar-refractivity contribution in [3.05, 3.63) is 53.3 Å². The molecule has 0 saturated carbocycles. The van der Waals surface area contributed by atoms with Gasteiger partial charge in [-0.05, 0) is 23.6 Å². The fraction of sp³-hybridized carbons (Fsp3) is 0. The molecule has 0 saturated heterocycles. The number of fused-ring (bicyclic) bond motifs is 3. The van der Waals surface area contributed by atoms with E-state index in [1.807, 2.05) is 0 Å². The smallest absolute Gasteiger partial charge is 0.267 e. The molecular formula is C18H10O5. The Morgan fingerprint density at radius 1 is 0.739 bits per heavy atom. The molecule has 0 amide bonds. The molecule has 1 aliphatic carbocycles. The van der Waals surface area contributed by atoms with Crippen molar-refractivity contribution in [1.29, 1.82) is 0 Å². The maximum atomic E-state index is 12.1. The molecule has 0 fully saturated rings. The van der Waals surface area contributed by atoms with E-state index in [9.17, 15) is 24.9 Å². The first kappa shape index (κ1) is 13.3. The van der Waals surface area contributed by atoms with E-state index >= 15 is 0 Å². The molecule has 3 N–H and O–H groups in total. The number of hydrogen-bond donors (Lipinski definition) is 3. The van der Waals surface area contributed by atoms with Gasteiger partial charge in [0.2, 0.25) is 5.78 Å². The molecule has 0 aromatic heterocycles. The van der Waals surface area contributed by atoms with Crippen molar-refractivity contribution in [2.45, 2.75) is 0 Å². The van der Waals surface area contributed by atoms with Gasteiger partial charge >= 0.3 is 0 Å². The highest BCUT2D eigenvalue weighted by molar-refractivity contribution is 6.51. The van der Waals surface area contributed by atoms with E-state index in [1.165, 1.54) is 6.07 Å². The molecule has 0 bridgehead atoms. The Hall–Kier alpha value is -3.34. The van der Waals surface area contributed by atoms with Crippen molar-refractivity contribution < 1.29 is 24.9 Å². The summed E-state index contributed by atoms with van der Waals surface area (Å²) in [6.07, 6.45) is 1.07. The van der Waals surface area contributed by atoms with Crippen LogP contribution >= 0.6 is 0 Å². The van der Waals surface area contributed by atoms with Crippen molar-refractivity contribution >= 4 is 39.2 Å². The van der Waals surface area contributed by atoms with Crippen molar-refractivity contribution in [2.75, 3.05) is 0 Å². The summed E-state index contributed by atoms with van der Waals surface area (Å²) < 4.78 is 0. The quantitative estimate of drug-likeness (QED) is 0.438. The van der Waals surface area contributed by atoms with Crippen LogP contribution in [-0.2, 0) is 4.79 Å². The number of aliphatic hydroxyl groups is 1. The topological polar surface area (TPSA) is 94.8 Å². The Balaban J connectivity index is 2.21. The number of ketones is 2. The molecule has 0 spiro atoms. The van der Waals surface area contributed by atoms with Gasteiger partial charge in [-0.1, -0.05) is 24.3 Å². The molecule has 112 valence electrons. The summed E-state index contributed by atoms with van der Waals surface area (Å²) in [4.78, 5) is 23.7. The summed E-state index contributed by atoms with van der Waals surface area (Å²) in [5.41, 5.74) is 0.0395. The molecule has 5 heteroatoms. The molecule has 1 aliphatic rings. The van der Waals surface area contributed by atoms with E-state index in [2.05, 4.69) is 0 Å². The minimum Gasteiger partial charge on any atom is -0.507 e. The van der Waals surface area contributed by atoms with Gasteiger partial charge < -0.3 is 15.3 Å². The second-order valence-corrected chi connectivity index (χ2v) is 5.42. The number of rotatable bonds is 0. The zero-order chi connectivity index (χ0) is 16.3. The van der Waals surface area contributed by atoms with Crippen LogP contribution in [0.5, 0.6) is 11.5 Å². The molecule has 0 radical (unpaired) electrons. The van der Waals surface area contributed by atoms with Gasteiger partial charge in [0, 0.05) is 27.3 Å². The van der Waals surface area contributed by atoms with Gasteiger partial charge in [-0.2, -0.15) is 0 Å². The lowest BCUT2D eigenvalue weighted by atomic mass is 9.89. The Morgan fingerprint density at radius 3 is 2.22 bits per heavy atom. The Morgan fingerprint density at radius 2 is 1.43 bits per heavy atom. The number of phenols is 2. The first-order valence-electron chi connectivity index (χ1n) is 6.89. The number of Topliss-reactive ketones (excluding diaryl/α,β-unsaturated/α-hetero) is 2. The van der Waals surface area contributed by atoms with Gasteiger partial charge in [0.15, 0.2) is 5.76 Å². The average Bonchev–Trinajstić information content (AvgIpc) is 2.55. The molecule has 5 nitrogen and oxygen atoms in total. The highest BCUT2D eigenvalue weighted by Gasteiger charge is 2.30. The van der Waals surface area contributed by atoms with Crippen molar-refractivity contribution in [3.63, 3.8) is 0 Å². The monoisotopic (exact) mass is 306 g/mol. The summed E-state index contributed by atoms with van der Waals surface area (Å²) in [6, 6.07) is 10.1. The number of aromatic hydroxyl groups is 2. The van der Waals surface area contributed by atoms with Crippen LogP contribution in [0.1, 0.15) is 15.9 Å². The minimum absolute atomic E-state index is 0.0385. The molecule has 0 aliphatic heterocycles. The molecule has 23 heavy (non-hydrogen) atoms. The minimum atomic E-state index is -1.03. The molecule has 0 atom stereocenters. The Bertz CT molecular complexity index is 1080. The summed E-state index contributed by atoms with van der Waals surface area (Å²) >= 11 is 0. The standard InChI is InChI=1S/C18H10O5/c19-14-7-13-12(17(22)18(14)23)6-11-10(16(13)21)5-8-3-1-2-4-9(8)15(11)20/h1-7,19-21H. The van der Waals surface area contributed by atoms with Crippen LogP contribution in [0.2, 0.25) is 0 Å². The SMILES string of the molecule is O=C1C(=O)c2cc3c(O)c4ccccc4cc3c(O)c2C=C1O. The van der Waals surface area contributed by atoms with Gasteiger partial charge in [0.1, 0.15) is 11.5 Å². The van der Waals surface area contributed by atoms with Crippen LogP contribution < -0.4 is 0 Å². The molecule has 3 aromatic rings. The van der Waals surface area contributed by atoms with Crippen LogP contribution in [0.3, 0.4) is 0 Å². The molecule has 3 aromatic carbocycles. The predicted molar refractivity (Wildman–Crippen MR) is 84.7 cm³/mol. The third-order valence-electron chi connectivity index (χ3n) is 4.11. The molecular weight excluding hydrogens is 296 g/mol. The normalized spacial score (nSPS) is 14.2. The number of allylic oxidation sites excluding steroid dienone is 1. The van der Waals surface area contributed by atoms with Crippen LogP contribution in [0.15, 0.2) is 42.2 Å².